The molecule has 3 aromatic carbocycles. The van der Waals surface area contributed by atoms with E-state index < -0.39 is 17.8 Å². The highest BCUT2D eigenvalue weighted by Gasteiger charge is 2.16. The third-order valence-electron chi connectivity index (χ3n) is 4.59. The molecule has 0 spiro atoms. The second kappa shape index (κ2) is 11.1. The van der Waals surface area contributed by atoms with Crippen molar-refractivity contribution in [1.82, 2.24) is 5.32 Å². The molecule has 3 aromatic rings. The molecule has 0 aliphatic carbocycles. The normalized spacial score (nSPS) is 10.8. The Morgan fingerprint density at radius 3 is 2.00 bits per heavy atom. The minimum absolute atomic E-state index is 0.0464. The van der Waals surface area contributed by atoms with Crippen LogP contribution in [0.5, 0.6) is 5.75 Å². The number of methoxy groups -OCH3 is 2. The fraction of sp³-hybridized carbons (Fsp3) is 0.0800. The average molecular weight is 509 g/mol. The van der Waals surface area contributed by atoms with Gasteiger partial charge in [0.2, 0.25) is 0 Å². The van der Waals surface area contributed by atoms with Crippen molar-refractivity contribution in [2.24, 2.45) is 0 Å². The highest BCUT2D eigenvalue weighted by molar-refractivity contribution is 9.10. The Morgan fingerprint density at radius 1 is 0.818 bits per heavy atom. The van der Waals surface area contributed by atoms with Crippen LogP contribution in [0.1, 0.15) is 26.3 Å². The number of carbonyl (C=O) groups excluding carboxylic acids is 3. The molecule has 0 fully saturated rings. The van der Waals surface area contributed by atoms with Gasteiger partial charge in [0.15, 0.2) is 0 Å². The standard InChI is InChI=1S/C25H21BrN2O5/c1-32-21-13-3-16(4-14-21)15-22(28-23(29)17-5-9-19(26)10-6-17)24(30)27-20-11-7-18(8-12-20)25(31)33-2/h3-15H,1-2H3,(H,27,30)(H,28,29). The number of benzene rings is 3. The molecule has 0 aliphatic rings. The van der Waals surface area contributed by atoms with Crippen molar-refractivity contribution < 1.29 is 23.9 Å². The predicted octanol–water partition coefficient (Wildman–Crippen LogP) is 4.65. The second-order valence-electron chi connectivity index (χ2n) is 6.82. The summed E-state index contributed by atoms with van der Waals surface area (Å²) in [5.41, 5.74) is 1.94. The molecule has 2 amide bonds. The first kappa shape index (κ1) is 23.7. The lowest BCUT2D eigenvalue weighted by Crippen LogP contribution is -2.30. The molecule has 0 heterocycles. The second-order valence-corrected chi connectivity index (χ2v) is 7.73. The van der Waals surface area contributed by atoms with Gasteiger partial charge < -0.3 is 20.1 Å². The molecule has 0 saturated carbocycles. The molecule has 0 atom stereocenters. The third-order valence-corrected chi connectivity index (χ3v) is 5.12. The first-order valence-electron chi connectivity index (χ1n) is 9.82. The lowest BCUT2D eigenvalue weighted by Gasteiger charge is -2.12. The number of amides is 2. The largest absolute Gasteiger partial charge is 0.497 e. The van der Waals surface area contributed by atoms with Crippen LogP contribution >= 0.6 is 15.9 Å². The summed E-state index contributed by atoms with van der Waals surface area (Å²) in [6.07, 6.45) is 1.56. The smallest absolute Gasteiger partial charge is 0.337 e. The molecule has 2 N–H and O–H groups in total. The Labute approximate surface area is 199 Å². The summed E-state index contributed by atoms with van der Waals surface area (Å²) in [6, 6.07) is 20.0. The zero-order valence-electron chi connectivity index (χ0n) is 17.9. The van der Waals surface area contributed by atoms with Crippen LogP contribution < -0.4 is 15.4 Å². The molecule has 0 aromatic heterocycles. The van der Waals surface area contributed by atoms with Gasteiger partial charge in [-0.3, -0.25) is 9.59 Å². The van der Waals surface area contributed by atoms with Crippen LogP contribution in [0.15, 0.2) is 83.0 Å². The number of nitrogens with one attached hydrogen (secondary N) is 2. The van der Waals surface area contributed by atoms with Crippen molar-refractivity contribution in [2.45, 2.75) is 0 Å². The maximum atomic E-state index is 13.0. The lowest BCUT2D eigenvalue weighted by atomic mass is 10.1. The van der Waals surface area contributed by atoms with Crippen molar-refractivity contribution >= 4 is 45.5 Å². The third kappa shape index (κ3) is 6.54. The van der Waals surface area contributed by atoms with E-state index in [1.165, 1.54) is 19.2 Å². The lowest BCUT2D eigenvalue weighted by molar-refractivity contribution is -0.113. The topological polar surface area (TPSA) is 93.7 Å². The van der Waals surface area contributed by atoms with Gasteiger partial charge in [-0.25, -0.2) is 4.79 Å². The molecule has 3 rings (SSSR count). The molecule has 0 saturated heterocycles. The van der Waals surface area contributed by atoms with E-state index in [1.54, 1.807) is 73.8 Å². The van der Waals surface area contributed by atoms with Crippen LogP contribution in [0.3, 0.4) is 0 Å². The summed E-state index contributed by atoms with van der Waals surface area (Å²) < 4.78 is 10.7. The molecular formula is C25H21BrN2O5. The van der Waals surface area contributed by atoms with Crippen molar-refractivity contribution in [3.05, 3.63) is 99.7 Å². The average Bonchev–Trinajstić information content (AvgIpc) is 2.84. The molecule has 33 heavy (non-hydrogen) atoms. The SMILES string of the molecule is COC(=O)c1ccc(NC(=O)C(=Cc2ccc(OC)cc2)NC(=O)c2ccc(Br)cc2)cc1. The van der Waals surface area contributed by atoms with E-state index >= 15 is 0 Å². The van der Waals surface area contributed by atoms with Crippen LogP contribution in [-0.2, 0) is 9.53 Å². The van der Waals surface area contributed by atoms with Crippen LogP contribution in [0.2, 0.25) is 0 Å². The number of ether oxygens (including phenoxy) is 2. The molecular weight excluding hydrogens is 488 g/mol. The summed E-state index contributed by atoms with van der Waals surface area (Å²) in [6.45, 7) is 0. The number of halogens is 1. The van der Waals surface area contributed by atoms with Crippen molar-refractivity contribution in [2.75, 3.05) is 19.5 Å². The Morgan fingerprint density at radius 2 is 1.42 bits per heavy atom. The van der Waals surface area contributed by atoms with Crippen LogP contribution in [0, 0.1) is 0 Å². The van der Waals surface area contributed by atoms with E-state index in [4.69, 9.17) is 4.74 Å². The van der Waals surface area contributed by atoms with Crippen LogP contribution in [-0.4, -0.2) is 32.0 Å². The molecule has 8 heteroatoms. The fourth-order valence-electron chi connectivity index (χ4n) is 2.83. The number of rotatable bonds is 7. The monoisotopic (exact) mass is 508 g/mol. The summed E-state index contributed by atoms with van der Waals surface area (Å²) in [4.78, 5) is 37.4. The first-order valence-corrected chi connectivity index (χ1v) is 10.6. The van der Waals surface area contributed by atoms with Gasteiger partial charge in [0.1, 0.15) is 11.4 Å². The van der Waals surface area contributed by atoms with Gasteiger partial charge in [0.25, 0.3) is 11.8 Å². The molecule has 168 valence electrons. The number of esters is 1. The van der Waals surface area contributed by atoms with Crippen LogP contribution in [0.25, 0.3) is 6.08 Å². The van der Waals surface area contributed by atoms with E-state index in [1.807, 2.05) is 0 Å². The maximum absolute atomic E-state index is 13.0. The number of carbonyl (C=O) groups is 3. The van der Waals surface area contributed by atoms with Gasteiger partial charge in [-0.2, -0.15) is 0 Å². The Hall–Kier alpha value is -3.91. The Balaban J connectivity index is 1.85. The van der Waals surface area contributed by atoms with E-state index in [0.29, 0.717) is 28.1 Å². The molecule has 0 unspecified atom stereocenters. The summed E-state index contributed by atoms with van der Waals surface area (Å²) >= 11 is 3.33. The molecule has 7 nitrogen and oxygen atoms in total. The van der Waals surface area contributed by atoms with Gasteiger partial charge >= 0.3 is 5.97 Å². The first-order chi connectivity index (χ1) is 15.9. The molecule has 0 aliphatic heterocycles. The van der Waals surface area contributed by atoms with E-state index in [2.05, 4.69) is 31.3 Å². The Bertz CT molecular complexity index is 1170. The highest BCUT2D eigenvalue weighted by atomic mass is 79.9. The highest BCUT2D eigenvalue weighted by Crippen LogP contribution is 2.16. The molecule has 0 bridgehead atoms. The summed E-state index contributed by atoms with van der Waals surface area (Å²) in [5, 5.41) is 5.41. The van der Waals surface area contributed by atoms with Gasteiger partial charge in [0, 0.05) is 15.7 Å². The molecule has 0 radical (unpaired) electrons. The Kier molecular flexibility index (Phi) is 7.99. The van der Waals surface area contributed by atoms with Crippen LogP contribution in [0.4, 0.5) is 5.69 Å². The summed E-state index contributed by atoms with van der Waals surface area (Å²) in [7, 11) is 2.86. The van der Waals surface area contributed by atoms with E-state index in [-0.39, 0.29) is 5.70 Å². The quantitative estimate of drug-likeness (QED) is 0.357. The van der Waals surface area contributed by atoms with Gasteiger partial charge in [-0.05, 0) is 72.3 Å². The zero-order valence-corrected chi connectivity index (χ0v) is 19.5. The predicted molar refractivity (Wildman–Crippen MR) is 129 cm³/mol. The van der Waals surface area contributed by atoms with Gasteiger partial charge in [0.05, 0.1) is 19.8 Å². The van der Waals surface area contributed by atoms with Crippen molar-refractivity contribution in [3.63, 3.8) is 0 Å². The number of hydrogen-bond donors (Lipinski definition) is 2. The van der Waals surface area contributed by atoms with E-state index in [9.17, 15) is 14.4 Å². The minimum atomic E-state index is -0.526. The number of anilines is 1. The minimum Gasteiger partial charge on any atom is -0.497 e. The zero-order chi connectivity index (χ0) is 23.8. The van der Waals surface area contributed by atoms with Gasteiger partial charge in [-0.15, -0.1) is 0 Å². The van der Waals surface area contributed by atoms with Gasteiger partial charge in [-0.1, -0.05) is 28.1 Å². The van der Waals surface area contributed by atoms with E-state index in [0.717, 1.165) is 4.47 Å². The summed E-state index contributed by atoms with van der Waals surface area (Å²) in [5.74, 6) is -0.766. The van der Waals surface area contributed by atoms with Crippen molar-refractivity contribution in [1.29, 1.82) is 0 Å². The number of hydrogen-bond acceptors (Lipinski definition) is 5. The maximum Gasteiger partial charge on any atom is 0.337 e. The fourth-order valence-corrected chi connectivity index (χ4v) is 3.09. The van der Waals surface area contributed by atoms with Crippen molar-refractivity contribution in [3.8, 4) is 5.75 Å².